The van der Waals surface area contributed by atoms with Crippen LogP contribution in [0.15, 0.2) is 0 Å². The van der Waals surface area contributed by atoms with Crippen molar-refractivity contribution >= 4 is 34.0 Å². The van der Waals surface area contributed by atoms with Gasteiger partial charge < -0.3 is 20.5 Å². The van der Waals surface area contributed by atoms with Gasteiger partial charge in [-0.3, -0.25) is 14.4 Å². The molecule has 0 saturated carbocycles. The Morgan fingerprint density at radius 2 is 2.00 bits per heavy atom. The number of hydrogen-bond donors (Lipinski definition) is 2. The molecule has 0 radical (unpaired) electrons. The zero-order valence-electron chi connectivity index (χ0n) is 15.6. The molecule has 1 aromatic heterocycles. The Morgan fingerprint density at radius 1 is 1.30 bits per heavy atom. The van der Waals surface area contributed by atoms with E-state index in [1.807, 2.05) is 0 Å². The predicted molar refractivity (Wildman–Crippen MR) is 85.9 cm³/mol. The van der Waals surface area contributed by atoms with Gasteiger partial charge in [0.25, 0.3) is 11.7 Å². The minimum absolute atomic E-state index is 0. The summed E-state index contributed by atoms with van der Waals surface area (Å²) in [6, 6.07) is -2.56. The third kappa shape index (κ3) is 5.49. The normalized spacial score (nSPS) is 20.6. The van der Waals surface area contributed by atoms with E-state index < -0.39 is 52.7 Å². The van der Waals surface area contributed by atoms with E-state index in [2.05, 4.69) is 25.0 Å². The Bertz CT molecular complexity index is 967. The smallest absolute Gasteiger partial charge is 0.724 e. The number of aromatic nitrogens is 4. The number of nitrogens with one attached hydrogen (secondary N) is 1. The van der Waals surface area contributed by atoms with Crippen LogP contribution in [0.1, 0.15) is 23.5 Å². The molecule has 2 fully saturated rings. The molecule has 0 unspecified atom stereocenters. The van der Waals surface area contributed by atoms with Crippen LogP contribution >= 0.6 is 0 Å². The van der Waals surface area contributed by atoms with Crippen molar-refractivity contribution in [3.8, 4) is 0 Å². The average molecular weight is 454 g/mol. The fourth-order valence-electron chi connectivity index (χ4n) is 3.03. The van der Waals surface area contributed by atoms with Crippen molar-refractivity contribution in [2.75, 3.05) is 13.1 Å². The van der Waals surface area contributed by atoms with Crippen molar-refractivity contribution in [3.63, 3.8) is 0 Å². The van der Waals surface area contributed by atoms with Crippen LogP contribution in [0.2, 0.25) is 0 Å². The SMILES string of the molecule is NC(=O)c1nnn(CC(=O)CNC(=O)[C@@H]2CC[C@@H]3CN2C(=O)N3OS(=O)(=O)[O-])n1.[Na+]. The summed E-state index contributed by atoms with van der Waals surface area (Å²) in [7, 11) is -5.14. The van der Waals surface area contributed by atoms with Crippen molar-refractivity contribution in [2.24, 2.45) is 5.73 Å². The summed E-state index contributed by atoms with van der Waals surface area (Å²) in [6.07, 6.45) is 0.407. The molecule has 0 aliphatic carbocycles. The van der Waals surface area contributed by atoms with Crippen molar-refractivity contribution in [3.05, 3.63) is 5.82 Å². The van der Waals surface area contributed by atoms with E-state index in [1.165, 1.54) is 0 Å². The summed E-state index contributed by atoms with van der Waals surface area (Å²) in [5, 5.41) is 13.2. The van der Waals surface area contributed by atoms with Gasteiger partial charge in [0.15, 0.2) is 5.78 Å². The van der Waals surface area contributed by atoms with Gasteiger partial charge in [0.2, 0.25) is 16.3 Å². The number of ketones is 1. The number of urea groups is 1. The molecule has 3 rings (SSSR count). The predicted octanol–water partition coefficient (Wildman–Crippen LogP) is -6.88. The summed E-state index contributed by atoms with van der Waals surface area (Å²) in [5.41, 5.74) is 4.97. The van der Waals surface area contributed by atoms with Crippen molar-refractivity contribution in [2.45, 2.75) is 31.5 Å². The molecule has 2 aliphatic heterocycles. The van der Waals surface area contributed by atoms with E-state index in [1.54, 1.807) is 0 Å². The summed E-state index contributed by atoms with van der Waals surface area (Å²) in [4.78, 5) is 49.3. The van der Waals surface area contributed by atoms with Crippen LogP contribution in [-0.4, -0.2) is 91.9 Å². The number of amides is 4. The molecule has 16 nitrogen and oxygen atoms in total. The molecule has 2 bridgehead atoms. The number of hydrogen-bond acceptors (Lipinski definition) is 11. The third-order valence-corrected chi connectivity index (χ3v) is 4.59. The Labute approximate surface area is 191 Å². The molecular formula is C12H15N8NaO8S. The van der Waals surface area contributed by atoms with Gasteiger partial charge in [-0.1, -0.05) is 0 Å². The Balaban J connectivity index is 0.00000320. The van der Waals surface area contributed by atoms with Crippen LogP contribution < -0.4 is 40.6 Å². The molecule has 3 N–H and O–H groups in total. The van der Waals surface area contributed by atoms with Crippen molar-refractivity contribution < 1.29 is 66.0 Å². The maximum Gasteiger partial charge on any atom is 1.00 e. The van der Waals surface area contributed by atoms with E-state index in [0.29, 0.717) is 5.06 Å². The molecule has 2 saturated heterocycles. The molecule has 2 aliphatic rings. The first-order chi connectivity index (χ1) is 13.5. The maximum atomic E-state index is 12.4. The summed E-state index contributed by atoms with van der Waals surface area (Å²) in [5.74, 6) is -2.43. The molecule has 30 heavy (non-hydrogen) atoms. The van der Waals surface area contributed by atoms with Gasteiger partial charge in [0.1, 0.15) is 12.6 Å². The van der Waals surface area contributed by atoms with E-state index >= 15 is 0 Å². The number of carbonyl (C=O) groups excluding carboxylic acids is 4. The number of rotatable bonds is 8. The van der Waals surface area contributed by atoms with E-state index in [-0.39, 0.29) is 61.3 Å². The zero-order chi connectivity index (χ0) is 21.3. The standard InChI is InChI=1S/C12H16N8O8S.Na/c13-9(22)10-15-17-19(16-10)5-7(21)3-14-11(23)8-2-1-6-4-18(8)12(24)20(6)28-29(25,26)27;/h6,8H,1-5H2,(H2,13,22)(H,14,23)(H,25,26,27);/q;+1/p-1/t6-,8+;/m1./s1. The number of piperidine rings is 1. The number of carbonyl (C=O) groups is 4. The molecule has 4 amide bonds. The third-order valence-electron chi connectivity index (χ3n) is 4.25. The summed E-state index contributed by atoms with van der Waals surface area (Å²) < 4.78 is 36.4. The van der Waals surface area contributed by atoms with Crippen LogP contribution in [-0.2, 0) is 30.8 Å². The number of Topliss-reactive ketones (excluding diaryl/α,β-unsaturated/α-hetero) is 1. The van der Waals surface area contributed by atoms with Crippen LogP contribution in [0.25, 0.3) is 0 Å². The molecule has 158 valence electrons. The molecule has 3 heterocycles. The first-order valence-corrected chi connectivity index (χ1v) is 9.51. The molecule has 0 aromatic carbocycles. The molecular weight excluding hydrogens is 439 g/mol. The van der Waals surface area contributed by atoms with Crippen LogP contribution in [0, 0.1) is 0 Å². The quantitative estimate of drug-likeness (QED) is 0.213. The second-order valence-electron chi connectivity index (χ2n) is 6.25. The Hall–Kier alpha value is -2.18. The van der Waals surface area contributed by atoms with Gasteiger partial charge in [-0.05, 0) is 18.1 Å². The maximum absolute atomic E-state index is 12.4. The van der Waals surface area contributed by atoms with E-state index in [4.69, 9.17) is 5.73 Å². The fourth-order valence-corrected chi connectivity index (χ4v) is 3.41. The van der Waals surface area contributed by atoms with Crippen LogP contribution in [0.4, 0.5) is 4.79 Å². The molecule has 2 atom stereocenters. The van der Waals surface area contributed by atoms with Gasteiger partial charge >= 0.3 is 35.6 Å². The fraction of sp³-hybridized carbons (Fsp3) is 0.583. The average Bonchev–Trinajstić information content (AvgIpc) is 3.18. The summed E-state index contributed by atoms with van der Waals surface area (Å²) >= 11 is 0. The monoisotopic (exact) mass is 454 g/mol. The second-order valence-corrected chi connectivity index (χ2v) is 7.22. The molecule has 1 aromatic rings. The summed E-state index contributed by atoms with van der Waals surface area (Å²) in [6.45, 7) is -0.790. The zero-order valence-corrected chi connectivity index (χ0v) is 18.4. The largest absolute Gasteiger partial charge is 1.00 e. The van der Waals surface area contributed by atoms with E-state index in [9.17, 15) is 32.1 Å². The Kier molecular flexibility index (Phi) is 7.48. The van der Waals surface area contributed by atoms with E-state index in [0.717, 1.165) is 9.70 Å². The molecule has 18 heteroatoms. The first kappa shape index (κ1) is 24.1. The second kappa shape index (κ2) is 9.31. The minimum atomic E-state index is -5.14. The number of fused-ring (bicyclic) bond motifs is 2. The van der Waals surface area contributed by atoms with Gasteiger partial charge in [-0.2, -0.15) is 14.1 Å². The van der Waals surface area contributed by atoms with Crippen LogP contribution in [0.5, 0.6) is 0 Å². The minimum Gasteiger partial charge on any atom is -0.724 e. The van der Waals surface area contributed by atoms with Gasteiger partial charge in [-0.25, -0.2) is 13.2 Å². The van der Waals surface area contributed by atoms with Gasteiger partial charge in [-0.15, -0.1) is 10.2 Å². The van der Waals surface area contributed by atoms with Crippen LogP contribution in [0.3, 0.4) is 0 Å². The Morgan fingerprint density at radius 3 is 2.60 bits per heavy atom. The number of nitrogens with two attached hydrogens (primary N) is 1. The topological polar surface area (TPSA) is 223 Å². The number of tetrazole rings is 1. The number of nitrogens with zero attached hydrogens (tertiary/aromatic N) is 6. The van der Waals surface area contributed by atoms with Crippen molar-refractivity contribution in [1.29, 1.82) is 0 Å². The number of primary amides is 1. The molecule has 0 spiro atoms. The van der Waals surface area contributed by atoms with Gasteiger partial charge in [0.05, 0.1) is 12.6 Å². The first-order valence-electron chi connectivity index (χ1n) is 8.17. The van der Waals surface area contributed by atoms with Crippen molar-refractivity contribution in [1.82, 2.24) is 35.5 Å². The number of hydroxylamine groups is 2. The van der Waals surface area contributed by atoms with Gasteiger partial charge in [0, 0.05) is 6.54 Å².